The van der Waals surface area contributed by atoms with Crippen LogP contribution in [0.4, 0.5) is 5.69 Å². The average molecular weight is 406 g/mol. The summed E-state index contributed by atoms with van der Waals surface area (Å²) in [4.78, 5) is 13.4. The number of hydrogen-bond donors (Lipinski definition) is 1. The SMILES string of the molecule is CCCC1(c2cc3c(ccc4ccccc43)oc2=O)Nc2ccccc2-n2cccc21. The Balaban J connectivity index is 1.69. The fourth-order valence-corrected chi connectivity index (χ4v) is 5.10. The minimum Gasteiger partial charge on any atom is -0.422 e. The lowest BCUT2D eigenvalue weighted by Gasteiger charge is -2.40. The van der Waals surface area contributed by atoms with Crippen LogP contribution in [0, 0.1) is 0 Å². The molecule has 6 rings (SSSR count). The highest BCUT2D eigenvalue weighted by molar-refractivity contribution is 6.05. The van der Waals surface area contributed by atoms with Crippen molar-refractivity contribution in [2.24, 2.45) is 0 Å². The van der Waals surface area contributed by atoms with E-state index in [1.165, 1.54) is 0 Å². The molecule has 0 aliphatic carbocycles. The van der Waals surface area contributed by atoms with Crippen LogP contribution in [-0.4, -0.2) is 4.57 Å². The molecule has 1 atom stereocenters. The molecule has 4 heteroatoms. The van der Waals surface area contributed by atoms with Crippen LogP contribution in [0.25, 0.3) is 27.4 Å². The molecule has 3 aromatic carbocycles. The van der Waals surface area contributed by atoms with E-state index in [9.17, 15) is 4.79 Å². The van der Waals surface area contributed by atoms with Gasteiger partial charge in [0, 0.05) is 11.6 Å². The van der Waals surface area contributed by atoms with Gasteiger partial charge in [0.05, 0.1) is 22.6 Å². The van der Waals surface area contributed by atoms with Gasteiger partial charge in [-0.15, -0.1) is 0 Å². The summed E-state index contributed by atoms with van der Waals surface area (Å²) in [6.07, 6.45) is 3.75. The van der Waals surface area contributed by atoms with Crippen molar-refractivity contribution < 1.29 is 4.42 Å². The van der Waals surface area contributed by atoms with Crippen molar-refractivity contribution in [1.29, 1.82) is 0 Å². The first-order valence-corrected chi connectivity index (χ1v) is 10.7. The van der Waals surface area contributed by atoms with Crippen LogP contribution in [0.2, 0.25) is 0 Å². The maximum atomic E-state index is 13.4. The second-order valence-electron chi connectivity index (χ2n) is 8.21. The second kappa shape index (κ2) is 6.61. The lowest BCUT2D eigenvalue weighted by molar-refractivity contribution is 0.459. The number of benzene rings is 3. The molecule has 0 spiro atoms. The highest BCUT2D eigenvalue weighted by atomic mass is 16.4. The van der Waals surface area contributed by atoms with Gasteiger partial charge in [-0.05, 0) is 53.6 Å². The van der Waals surface area contributed by atoms with Crippen LogP contribution in [0.15, 0.2) is 94.3 Å². The first-order valence-electron chi connectivity index (χ1n) is 10.7. The molecule has 0 fully saturated rings. The van der Waals surface area contributed by atoms with Gasteiger partial charge in [-0.25, -0.2) is 4.79 Å². The van der Waals surface area contributed by atoms with Gasteiger partial charge in [0.25, 0.3) is 0 Å². The van der Waals surface area contributed by atoms with Crippen molar-refractivity contribution in [3.8, 4) is 5.69 Å². The summed E-state index contributed by atoms with van der Waals surface area (Å²) < 4.78 is 8.09. The Morgan fingerprint density at radius 3 is 2.68 bits per heavy atom. The molecule has 0 amide bonds. The monoisotopic (exact) mass is 406 g/mol. The number of rotatable bonds is 3. The summed E-state index contributed by atoms with van der Waals surface area (Å²) in [5.41, 5.74) is 3.45. The van der Waals surface area contributed by atoms with Gasteiger partial charge in [-0.3, -0.25) is 0 Å². The minimum absolute atomic E-state index is 0.295. The molecule has 0 saturated heterocycles. The van der Waals surface area contributed by atoms with Crippen molar-refractivity contribution in [2.75, 3.05) is 5.32 Å². The fourth-order valence-electron chi connectivity index (χ4n) is 5.10. The van der Waals surface area contributed by atoms with Crippen LogP contribution in [-0.2, 0) is 5.54 Å². The van der Waals surface area contributed by atoms with Gasteiger partial charge >= 0.3 is 5.63 Å². The zero-order valence-corrected chi connectivity index (χ0v) is 17.3. The Labute approximate surface area is 179 Å². The molecular formula is C27H22N2O2. The van der Waals surface area contributed by atoms with Gasteiger partial charge in [0.1, 0.15) is 11.1 Å². The van der Waals surface area contributed by atoms with E-state index in [-0.39, 0.29) is 5.63 Å². The van der Waals surface area contributed by atoms with Gasteiger partial charge in [0.2, 0.25) is 0 Å². The van der Waals surface area contributed by atoms with Gasteiger partial charge in [-0.2, -0.15) is 0 Å². The summed E-state index contributed by atoms with van der Waals surface area (Å²) in [5.74, 6) is 0. The number of aromatic nitrogens is 1. The maximum absolute atomic E-state index is 13.4. The summed E-state index contributed by atoms with van der Waals surface area (Å²) in [6.45, 7) is 2.15. The highest BCUT2D eigenvalue weighted by Gasteiger charge is 2.42. The Kier molecular flexibility index (Phi) is 3.84. The molecule has 0 bridgehead atoms. The van der Waals surface area contributed by atoms with Crippen LogP contribution < -0.4 is 10.9 Å². The van der Waals surface area contributed by atoms with E-state index in [4.69, 9.17) is 4.42 Å². The average Bonchev–Trinajstić information content (AvgIpc) is 3.30. The molecule has 1 aliphatic heterocycles. The molecule has 152 valence electrons. The Morgan fingerprint density at radius 1 is 0.935 bits per heavy atom. The molecule has 1 unspecified atom stereocenters. The Hall–Kier alpha value is -3.79. The topological polar surface area (TPSA) is 47.2 Å². The molecule has 4 nitrogen and oxygen atoms in total. The lowest BCUT2D eigenvalue weighted by Crippen LogP contribution is -2.44. The number of fused-ring (bicyclic) bond motifs is 6. The van der Waals surface area contributed by atoms with Crippen LogP contribution in [0.1, 0.15) is 31.0 Å². The third-order valence-electron chi connectivity index (χ3n) is 6.42. The van der Waals surface area contributed by atoms with Gasteiger partial charge < -0.3 is 14.3 Å². The summed E-state index contributed by atoms with van der Waals surface area (Å²) in [5, 5.41) is 6.92. The van der Waals surface area contributed by atoms with E-state index in [1.807, 2.05) is 48.5 Å². The van der Waals surface area contributed by atoms with E-state index in [0.29, 0.717) is 11.1 Å². The molecule has 1 N–H and O–H groups in total. The molecule has 0 saturated carbocycles. The summed E-state index contributed by atoms with van der Waals surface area (Å²) >= 11 is 0. The number of hydrogen-bond acceptors (Lipinski definition) is 3. The Morgan fingerprint density at radius 2 is 1.77 bits per heavy atom. The second-order valence-corrected chi connectivity index (χ2v) is 8.21. The third kappa shape index (κ3) is 2.51. The number of para-hydroxylation sites is 2. The fraction of sp³-hybridized carbons (Fsp3) is 0.148. The predicted molar refractivity (Wildman–Crippen MR) is 125 cm³/mol. The quantitative estimate of drug-likeness (QED) is 0.286. The van der Waals surface area contributed by atoms with Crippen LogP contribution in [0.5, 0.6) is 0 Å². The molecule has 5 aromatic rings. The zero-order valence-electron chi connectivity index (χ0n) is 17.3. The van der Waals surface area contributed by atoms with E-state index in [0.717, 1.165) is 46.1 Å². The van der Waals surface area contributed by atoms with Crippen molar-refractivity contribution in [3.63, 3.8) is 0 Å². The molecule has 0 radical (unpaired) electrons. The number of anilines is 1. The van der Waals surface area contributed by atoms with Crippen LogP contribution >= 0.6 is 0 Å². The van der Waals surface area contributed by atoms with Gasteiger partial charge in [-0.1, -0.05) is 55.8 Å². The van der Waals surface area contributed by atoms with E-state index >= 15 is 0 Å². The van der Waals surface area contributed by atoms with Crippen molar-refractivity contribution >= 4 is 27.4 Å². The molecule has 3 heterocycles. The largest absolute Gasteiger partial charge is 0.422 e. The zero-order chi connectivity index (χ0) is 21.0. The smallest absolute Gasteiger partial charge is 0.342 e. The maximum Gasteiger partial charge on any atom is 0.342 e. The standard InChI is InChI=1S/C27H22N2O2/c1-2-15-27(25-12-7-16-29(25)23-11-6-5-10-22(23)28-27)21-17-20-19-9-4-3-8-18(19)13-14-24(20)31-26(21)30/h3-14,16-17,28H,2,15H2,1H3. The van der Waals surface area contributed by atoms with Crippen LogP contribution in [0.3, 0.4) is 0 Å². The number of nitrogens with zero attached hydrogens (tertiary/aromatic N) is 1. The molecule has 1 aliphatic rings. The predicted octanol–water partition coefficient (Wildman–Crippen LogP) is 6.21. The van der Waals surface area contributed by atoms with Crippen molar-refractivity contribution in [2.45, 2.75) is 25.3 Å². The normalized spacial score (nSPS) is 17.3. The summed E-state index contributed by atoms with van der Waals surface area (Å²) in [7, 11) is 0. The minimum atomic E-state index is -0.668. The van der Waals surface area contributed by atoms with E-state index < -0.39 is 5.54 Å². The van der Waals surface area contributed by atoms with E-state index in [1.54, 1.807) is 0 Å². The summed E-state index contributed by atoms with van der Waals surface area (Å²) in [6, 6.07) is 26.5. The molecular weight excluding hydrogens is 384 g/mol. The van der Waals surface area contributed by atoms with Gasteiger partial charge in [0.15, 0.2) is 0 Å². The Bertz CT molecular complexity index is 1510. The van der Waals surface area contributed by atoms with E-state index in [2.05, 4.69) is 53.3 Å². The van der Waals surface area contributed by atoms with Crippen molar-refractivity contribution in [1.82, 2.24) is 4.57 Å². The third-order valence-corrected chi connectivity index (χ3v) is 6.42. The first kappa shape index (κ1) is 18.0. The highest BCUT2D eigenvalue weighted by Crippen LogP contribution is 2.44. The number of nitrogens with one attached hydrogen (secondary N) is 1. The lowest BCUT2D eigenvalue weighted by atomic mass is 9.81. The molecule has 2 aromatic heterocycles. The first-order chi connectivity index (χ1) is 15.2. The molecule has 31 heavy (non-hydrogen) atoms. The van der Waals surface area contributed by atoms with Crippen molar-refractivity contribution in [3.05, 3.63) is 107 Å².